The van der Waals surface area contributed by atoms with Crippen molar-refractivity contribution in [2.75, 3.05) is 26.4 Å². The third kappa shape index (κ3) is 5.05. The molecule has 150 valence electrons. The monoisotopic (exact) mass is 409 g/mol. The highest BCUT2D eigenvalue weighted by molar-refractivity contribution is 7.89. The summed E-state index contributed by atoms with van der Waals surface area (Å²) in [6.45, 7) is -0.670. The minimum atomic E-state index is -3.67. The van der Waals surface area contributed by atoms with E-state index in [0.29, 0.717) is 5.56 Å². The molecule has 28 heavy (non-hydrogen) atoms. The van der Waals surface area contributed by atoms with E-state index < -0.39 is 34.3 Å². The number of carbonyl (C=O) groups is 2. The Balaban J connectivity index is 1.98. The van der Waals surface area contributed by atoms with Crippen molar-refractivity contribution in [3.63, 3.8) is 0 Å². The van der Waals surface area contributed by atoms with Gasteiger partial charge in [-0.2, -0.15) is 0 Å². The highest BCUT2D eigenvalue weighted by Crippen LogP contribution is 2.18. The number of nitrogens with two attached hydrogens (primary N) is 1. The molecule has 8 nitrogen and oxygen atoms in total. The zero-order chi connectivity index (χ0) is 20.9. The summed E-state index contributed by atoms with van der Waals surface area (Å²) >= 11 is 0. The first kappa shape index (κ1) is 21.3. The summed E-state index contributed by atoms with van der Waals surface area (Å²) in [7, 11) is -0.857. The van der Waals surface area contributed by atoms with Crippen molar-refractivity contribution in [1.82, 2.24) is 9.62 Å². The van der Waals surface area contributed by atoms with Gasteiger partial charge in [0, 0.05) is 26.3 Å². The Labute approximate surface area is 162 Å². The number of nitrogen functional groups attached to an aromatic ring is 1. The lowest BCUT2D eigenvalue weighted by Gasteiger charge is -2.15. The second kappa shape index (κ2) is 8.81. The van der Waals surface area contributed by atoms with Crippen LogP contribution in [0.25, 0.3) is 0 Å². The average Bonchev–Trinajstić information content (AvgIpc) is 2.64. The van der Waals surface area contributed by atoms with E-state index in [-0.39, 0.29) is 22.7 Å². The van der Waals surface area contributed by atoms with Gasteiger partial charge in [-0.15, -0.1) is 0 Å². The fourth-order valence-electron chi connectivity index (χ4n) is 2.27. The lowest BCUT2D eigenvalue weighted by atomic mass is 10.2. The molecule has 0 aromatic heterocycles. The molecule has 2 rings (SSSR count). The lowest BCUT2D eigenvalue weighted by Crippen LogP contribution is -2.30. The number of nitrogens with one attached hydrogen (secondary N) is 1. The summed E-state index contributed by atoms with van der Waals surface area (Å²) in [5.74, 6) is -2.10. The van der Waals surface area contributed by atoms with Crippen LogP contribution < -0.4 is 11.1 Å². The van der Waals surface area contributed by atoms with Crippen molar-refractivity contribution in [2.24, 2.45) is 0 Å². The van der Waals surface area contributed by atoms with Gasteiger partial charge in [-0.3, -0.25) is 4.79 Å². The number of amides is 1. The third-order valence-electron chi connectivity index (χ3n) is 3.78. The zero-order valence-electron chi connectivity index (χ0n) is 15.3. The van der Waals surface area contributed by atoms with Gasteiger partial charge in [0.05, 0.1) is 10.5 Å². The average molecular weight is 409 g/mol. The second-order valence-electron chi connectivity index (χ2n) is 5.98. The Kier molecular flexibility index (Phi) is 6.71. The lowest BCUT2D eigenvalue weighted by molar-refractivity contribution is -0.124. The van der Waals surface area contributed by atoms with E-state index in [9.17, 15) is 22.4 Å². The topological polar surface area (TPSA) is 119 Å². The van der Waals surface area contributed by atoms with E-state index in [2.05, 4.69) is 5.32 Å². The first-order valence-electron chi connectivity index (χ1n) is 8.12. The smallest absolute Gasteiger partial charge is 0.340 e. The number of esters is 1. The number of nitrogens with zero attached hydrogens (tertiary/aromatic N) is 1. The van der Waals surface area contributed by atoms with Crippen LogP contribution in [0.2, 0.25) is 0 Å². The van der Waals surface area contributed by atoms with Crippen LogP contribution in [-0.4, -0.2) is 45.3 Å². The molecule has 0 bridgehead atoms. The highest BCUT2D eigenvalue weighted by atomic mass is 32.2. The van der Waals surface area contributed by atoms with Gasteiger partial charge in [0.15, 0.2) is 6.61 Å². The molecule has 0 aliphatic heterocycles. The van der Waals surface area contributed by atoms with Crippen molar-refractivity contribution in [1.29, 1.82) is 0 Å². The molecule has 0 aliphatic rings. The Morgan fingerprint density at radius 3 is 2.50 bits per heavy atom. The molecule has 10 heteroatoms. The summed E-state index contributed by atoms with van der Waals surface area (Å²) in [6, 6.07) is 9.42. The van der Waals surface area contributed by atoms with Crippen LogP contribution in [0.4, 0.5) is 10.1 Å². The molecule has 0 saturated carbocycles. The van der Waals surface area contributed by atoms with Gasteiger partial charge in [0.1, 0.15) is 5.82 Å². The van der Waals surface area contributed by atoms with Crippen LogP contribution in [0.1, 0.15) is 15.9 Å². The molecule has 0 unspecified atom stereocenters. The van der Waals surface area contributed by atoms with E-state index in [0.717, 1.165) is 22.5 Å². The van der Waals surface area contributed by atoms with Gasteiger partial charge in [0.2, 0.25) is 10.0 Å². The van der Waals surface area contributed by atoms with Crippen LogP contribution >= 0.6 is 0 Å². The minimum absolute atomic E-state index is 0.0587. The van der Waals surface area contributed by atoms with Crippen molar-refractivity contribution in [3.05, 3.63) is 59.4 Å². The van der Waals surface area contributed by atoms with E-state index in [1.54, 1.807) is 18.2 Å². The SMILES string of the molecule is CN(C)S(=O)(=O)c1ccccc1CNC(=O)COC(=O)c1ccc(F)cc1N. The predicted octanol–water partition coefficient (Wildman–Crippen LogP) is 1.13. The fraction of sp³-hybridized carbons (Fsp3) is 0.222. The number of anilines is 1. The first-order chi connectivity index (χ1) is 13.1. The number of rotatable bonds is 7. The van der Waals surface area contributed by atoms with Crippen LogP contribution in [0.15, 0.2) is 47.4 Å². The molecule has 0 heterocycles. The molecule has 1 amide bonds. The van der Waals surface area contributed by atoms with Crippen LogP contribution in [-0.2, 0) is 26.1 Å². The molecule has 0 radical (unpaired) electrons. The number of benzene rings is 2. The quantitative estimate of drug-likeness (QED) is 0.523. The Morgan fingerprint density at radius 2 is 1.86 bits per heavy atom. The summed E-state index contributed by atoms with van der Waals surface area (Å²) in [5, 5.41) is 2.49. The molecule has 0 saturated heterocycles. The van der Waals surface area contributed by atoms with Crippen LogP contribution in [0, 0.1) is 5.82 Å². The fourth-order valence-corrected chi connectivity index (χ4v) is 3.39. The molecule has 0 spiro atoms. The largest absolute Gasteiger partial charge is 0.452 e. The molecule has 2 aromatic rings. The predicted molar refractivity (Wildman–Crippen MR) is 100 cm³/mol. The van der Waals surface area contributed by atoms with E-state index in [4.69, 9.17) is 10.5 Å². The summed E-state index contributed by atoms with van der Waals surface area (Å²) in [6.07, 6.45) is 0. The van der Waals surface area contributed by atoms with Gasteiger partial charge in [-0.25, -0.2) is 21.9 Å². The number of hydrogen-bond acceptors (Lipinski definition) is 6. The second-order valence-corrected chi connectivity index (χ2v) is 8.10. The Hall–Kier alpha value is -2.98. The summed E-state index contributed by atoms with van der Waals surface area (Å²) in [5.41, 5.74) is 5.77. The number of halogens is 1. The van der Waals surface area contributed by atoms with Gasteiger partial charge >= 0.3 is 5.97 Å². The maximum absolute atomic E-state index is 13.0. The standard InChI is InChI=1S/C18H20FN3O5S/c1-22(2)28(25,26)16-6-4-3-5-12(16)10-21-17(23)11-27-18(24)14-8-7-13(19)9-15(14)20/h3-9H,10-11,20H2,1-2H3,(H,21,23). The first-order valence-corrected chi connectivity index (χ1v) is 9.56. The highest BCUT2D eigenvalue weighted by Gasteiger charge is 2.21. The molecule has 3 N–H and O–H groups in total. The van der Waals surface area contributed by atoms with Crippen molar-refractivity contribution in [2.45, 2.75) is 11.4 Å². The van der Waals surface area contributed by atoms with Crippen molar-refractivity contribution >= 4 is 27.6 Å². The van der Waals surface area contributed by atoms with Gasteiger partial charge < -0.3 is 15.8 Å². The maximum Gasteiger partial charge on any atom is 0.340 e. The summed E-state index contributed by atoms with van der Waals surface area (Å²) < 4.78 is 43.6. The number of hydrogen-bond donors (Lipinski definition) is 2. The van der Waals surface area contributed by atoms with Gasteiger partial charge in [0.25, 0.3) is 5.91 Å². The normalized spacial score (nSPS) is 11.3. The van der Waals surface area contributed by atoms with Crippen molar-refractivity contribution < 1.29 is 27.1 Å². The molecule has 0 aliphatic carbocycles. The number of sulfonamides is 1. The molecule has 0 fully saturated rings. The van der Waals surface area contributed by atoms with E-state index in [1.807, 2.05) is 0 Å². The van der Waals surface area contributed by atoms with E-state index in [1.165, 1.54) is 20.2 Å². The number of carbonyl (C=O) groups excluding carboxylic acids is 2. The Bertz CT molecular complexity index is 992. The maximum atomic E-state index is 13.0. The van der Waals surface area contributed by atoms with Crippen molar-refractivity contribution in [3.8, 4) is 0 Å². The van der Waals surface area contributed by atoms with Crippen LogP contribution in [0.5, 0.6) is 0 Å². The molecule has 2 aromatic carbocycles. The van der Waals surface area contributed by atoms with Crippen LogP contribution in [0.3, 0.4) is 0 Å². The molecular weight excluding hydrogens is 389 g/mol. The molecular formula is C18H20FN3O5S. The summed E-state index contributed by atoms with van der Waals surface area (Å²) in [4.78, 5) is 23.9. The van der Waals surface area contributed by atoms with Gasteiger partial charge in [-0.1, -0.05) is 18.2 Å². The minimum Gasteiger partial charge on any atom is -0.452 e. The zero-order valence-corrected chi connectivity index (χ0v) is 16.1. The Morgan fingerprint density at radius 1 is 1.18 bits per heavy atom. The van der Waals surface area contributed by atoms with E-state index >= 15 is 0 Å². The third-order valence-corrected chi connectivity index (χ3v) is 5.69. The number of ether oxygens (including phenoxy) is 1. The molecule has 0 atom stereocenters. The van der Waals surface area contributed by atoms with Gasteiger partial charge in [-0.05, 0) is 29.8 Å².